The van der Waals surface area contributed by atoms with Crippen molar-refractivity contribution in [3.63, 3.8) is 0 Å². The number of ketones is 1. The van der Waals surface area contributed by atoms with Crippen molar-refractivity contribution < 1.29 is 14.3 Å². The molecule has 0 N–H and O–H groups in total. The van der Waals surface area contributed by atoms with Crippen LogP contribution in [0.15, 0.2) is 47.2 Å². The summed E-state index contributed by atoms with van der Waals surface area (Å²) in [6, 6.07) is 11.3. The number of carbonyl (C=O) groups excluding carboxylic acids is 2. The Kier molecular flexibility index (Phi) is 6.06. The smallest absolute Gasteiger partial charge is 0.228 e. The largest absolute Gasteiger partial charge is 0.497 e. The Labute approximate surface area is 178 Å². The van der Waals surface area contributed by atoms with Crippen LogP contribution in [0.25, 0.3) is 9.88 Å². The van der Waals surface area contributed by atoms with Crippen molar-refractivity contribution in [3.8, 4) is 15.6 Å². The van der Waals surface area contributed by atoms with Crippen LogP contribution >= 0.6 is 22.7 Å². The number of Topliss-reactive ketones (excluding diaryl/α,β-unsaturated/α-hetero) is 1. The van der Waals surface area contributed by atoms with Crippen LogP contribution < -0.4 is 4.74 Å². The van der Waals surface area contributed by atoms with Crippen molar-refractivity contribution in [1.82, 2.24) is 9.88 Å². The van der Waals surface area contributed by atoms with Gasteiger partial charge >= 0.3 is 0 Å². The Hall–Kier alpha value is -2.51. The average Bonchev–Trinajstić information content (AvgIpc) is 3.45. The van der Waals surface area contributed by atoms with Crippen LogP contribution in [0.1, 0.15) is 28.9 Å². The number of thiazole rings is 1. The van der Waals surface area contributed by atoms with E-state index in [1.165, 1.54) is 0 Å². The lowest BCUT2D eigenvalue weighted by Crippen LogP contribution is -2.41. The number of hydrogen-bond acceptors (Lipinski definition) is 6. The molecule has 0 saturated carbocycles. The molecule has 0 spiro atoms. The molecule has 3 heterocycles. The summed E-state index contributed by atoms with van der Waals surface area (Å²) in [5.41, 5.74) is 1.53. The Morgan fingerprint density at radius 3 is 2.55 bits per heavy atom. The van der Waals surface area contributed by atoms with Gasteiger partial charge < -0.3 is 9.64 Å². The first-order valence-electron chi connectivity index (χ1n) is 9.58. The lowest BCUT2D eigenvalue weighted by Gasteiger charge is -2.31. The monoisotopic (exact) mass is 426 g/mol. The van der Waals surface area contributed by atoms with E-state index >= 15 is 0 Å². The molecule has 7 heteroatoms. The minimum atomic E-state index is -0.0304. The number of likely N-dealkylation sites (tertiary alicyclic amines) is 1. The Morgan fingerprint density at radius 2 is 1.90 bits per heavy atom. The van der Waals surface area contributed by atoms with E-state index in [0.29, 0.717) is 37.9 Å². The van der Waals surface area contributed by atoms with Crippen LogP contribution in [0.5, 0.6) is 5.75 Å². The first kappa shape index (κ1) is 19.8. The summed E-state index contributed by atoms with van der Waals surface area (Å²) in [5, 5.41) is 4.96. The zero-order chi connectivity index (χ0) is 20.2. The van der Waals surface area contributed by atoms with Gasteiger partial charge in [-0.3, -0.25) is 9.59 Å². The normalized spacial score (nSPS) is 14.7. The van der Waals surface area contributed by atoms with E-state index in [4.69, 9.17) is 4.74 Å². The van der Waals surface area contributed by atoms with Crippen LogP contribution in [-0.2, 0) is 11.2 Å². The molecular formula is C22H22N2O3S2. The summed E-state index contributed by atoms with van der Waals surface area (Å²) in [6.45, 7) is 1.24. The maximum absolute atomic E-state index is 12.7. The number of methoxy groups -OCH3 is 1. The molecule has 0 radical (unpaired) electrons. The minimum absolute atomic E-state index is 0.0304. The van der Waals surface area contributed by atoms with Crippen LogP contribution in [0.2, 0.25) is 0 Å². The van der Waals surface area contributed by atoms with Crippen molar-refractivity contribution in [3.05, 3.63) is 58.4 Å². The zero-order valence-corrected chi connectivity index (χ0v) is 17.8. The highest BCUT2D eigenvalue weighted by Crippen LogP contribution is 2.28. The standard InChI is InChI=1S/C22H22N2O3S2/c1-27-18-6-4-15(5-7-18)21(26)16-8-10-24(11-9-16)20(25)13-17-14-29-22(23-17)19-3-2-12-28-19/h2-7,12,14,16H,8-11,13H2,1H3. The molecular weight excluding hydrogens is 404 g/mol. The third-order valence-corrected chi connectivity index (χ3v) is 7.14. The van der Waals surface area contributed by atoms with E-state index in [0.717, 1.165) is 21.3 Å². The summed E-state index contributed by atoms with van der Waals surface area (Å²) in [7, 11) is 1.61. The topological polar surface area (TPSA) is 59.5 Å². The number of carbonyl (C=O) groups is 2. The highest BCUT2D eigenvalue weighted by molar-refractivity contribution is 7.20. The summed E-state index contributed by atoms with van der Waals surface area (Å²) >= 11 is 3.23. The van der Waals surface area contributed by atoms with Gasteiger partial charge in [0.1, 0.15) is 10.8 Å². The number of benzene rings is 1. The number of aromatic nitrogens is 1. The summed E-state index contributed by atoms with van der Waals surface area (Å²) < 4.78 is 5.15. The molecule has 1 aromatic carbocycles. The zero-order valence-electron chi connectivity index (χ0n) is 16.2. The van der Waals surface area contributed by atoms with Gasteiger partial charge in [-0.2, -0.15) is 0 Å². The molecule has 1 amide bonds. The fraction of sp³-hybridized carbons (Fsp3) is 0.318. The van der Waals surface area contributed by atoms with E-state index in [9.17, 15) is 9.59 Å². The number of amides is 1. The van der Waals surface area contributed by atoms with E-state index in [1.54, 1.807) is 29.8 Å². The Bertz CT molecular complexity index is 972. The van der Waals surface area contributed by atoms with Crippen molar-refractivity contribution in [2.45, 2.75) is 19.3 Å². The molecule has 150 valence electrons. The third kappa shape index (κ3) is 4.57. The van der Waals surface area contributed by atoms with E-state index in [1.807, 2.05) is 52.1 Å². The number of hydrogen-bond donors (Lipinski definition) is 0. The predicted octanol–water partition coefficient (Wildman–Crippen LogP) is 4.54. The summed E-state index contributed by atoms with van der Waals surface area (Å²) in [4.78, 5) is 33.0. The molecule has 0 unspecified atom stereocenters. The predicted molar refractivity (Wildman–Crippen MR) is 116 cm³/mol. The Morgan fingerprint density at radius 1 is 1.14 bits per heavy atom. The average molecular weight is 427 g/mol. The van der Waals surface area contributed by atoms with Gasteiger partial charge in [0.2, 0.25) is 5.91 Å². The van der Waals surface area contributed by atoms with E-state index in [-0.39, 0.29) is 17.6 Å². The first-order valence-corrected chi connectivity index (χ1v) is 11.3. The first-order chi connectivity index (χ1) is 14.1. The molecule has 5 nitrogen and oxygen atoms in total. The molecule has 1 saturated heterocycles. The van der Waals surface area contributed by atoms with E-state index < -0.39 is 0 Å². The number of ether oxygens (including phenoxy) is 1. The van der Waals surface area contributed by atoms with Gasteiger partial charge in [-0.15, -0.1) is 22.7 Å². The van der Waals surface area contributed by atoms with Crippen molar-refractivity contribution >= 4 is 34.4 Å². The second-order valence-corrected chi connectivity index (χ2v) is 8.85. The maximum Gasteiger partial charge on any atom is 0.228 e. The van der Waals surface area contributed by atoms with E-state index in [2.05, 4.69) is 4.98 Å². The van der Waals surface area contributed by atoms with Gasteiger partial charge in [0.15, 0.2) is 5.78 Å². The number of nitrogens with zero attached hydrogens (tertiary/aromatic N) is 2. The molecule has 0 bridgehead atoms. The lowest BCUT2D eigenvalue weighted by atomic mass is 9.88. The number of thiophene rings is 1. The molecule has 29 heavy (non-hydrogen) atoms. The molecule has 2 aromatic heterocycles. The van der Waals surface area contributed by atoms with Crippen LogP contribution in [0.4, 0.5) is 0 Å². The van der Waals surface area contributed by atoms with Gasteiger partial charge in [0.05, 0.1) is 24.1 Å². The van der Waals surface area contributed by atoms with Gasteiger partial charge in [0, 0.05) is 30.0 Å². The molecule has 1 aliphatic heterocycles. The van der Waals surface area contributed by atoms with Gasteiger partial charge in [0.25, 0.3) is 0 Å². The summed E-state index contributed by atoms with van der Waals surface area (Å²) in [5.74, 6) is 0.951. The van der Waals surface area contributed by atoms with Gasteiger partial charge in [-0.1, -0.05) is 6.07 Å². The minimum Gasteiger partial charge on any atom is -0.497 e. The second kappa shape index (κ2) is 8.88. The van der Waals surface area contributed by atoms with Crippen LogP contribution in [0, 0.1) is 5.92 Å². The maximum atomic E-state index is 12.7. The van der Waals surface area contributed by atoms with Gasteiger partial charge in [-0.05, 0) is 48.6 Å². The highest BCUT2D eigenvalue weighted by Gasteiger charge is 2.28. The molecule has 0 aliphatic carbocycles. The van der Waals surface area contributed by atoms with Gasteiger partial charge in [-0.25, -0.2) is 4.98 Å². The number of rotatable bonds is 6. The molecule has 0 atom stereocenters. The lowest BCUT2D eigenvalue weighted by molar-refractivity contribution is -0.131. The molecule has 1 aliphatic rings. The SMILES string of the molecule is COc1ccc(C(=O)C2CCN(C(=O)Cc3csc(-c4cccs4)n3)CC2)cc1. The second-order valence-electron chi connectivity index (χ2n) is 7.05. The fourth-order valence-corrected chi connectivity index (χ4v) is 5.18. The Balaban J connectivity index is 1.30. The van der Waals surface area contributed by atoms with Crippen molar-refractivity contribution in [1.29, 1.82) is 0 Å². The fourth-order valence-electron chi connectivity index (χ4n) is 3.55. The number of piperidine rings is 1. The molecule has 3 aromatic rings. The third-order valence-electron chi connectivity index (χ3n) is 5.21. The summed E-state index contributed by atoms with van der Waals surface area (Å²) in [6.07, 6.45) is 1.72. The van der Waals surface area contributed by atoms with Crippen LogP contribution in [0.3, 0.4) is 0 Å². The molecule has 1 fully saturated rings. The van der Waals surface area contributed by atoms with Crippen molar-refractivity contribution in [2.24, 2.45) is 5.92 Å². The van der Waals surface area contributed by atoms with Crippen LogP contribution in [-0.4, -0.2) is 41.8 Å². The van der Waals surface area contributed by atoms with Crippen molar-refractivity contribution in [2.75, 3.05) is 20.2 Å². The molecule has 4 rings (SSSR count). The quantitative estimate of drug-likeness (QED) is 0.543. The highest BCUT2D eigenvalue weighted by atomic mass is 32.1.